The maximum Gasteiger partial charge on any atom is 0.315 e. The lowest BCUT2D eigenvalue weighted by atomic mass is 10.1. The number of aromatic nitrogens is 3. The second-order valence-corrected chi connectivity index (χ2v) is 6.58. The van der Waals surface area contributed by atoms with Crippen molar-refractivity contribution in [3.63, 3.8) is 0 Å². The van der Waals surface area contributed by atoms with Crippen LogP contribution in [0.3, 0.4) is 0 Å². The summed E-state index contributed by atoms with van der Waals surface area (Å²) in [5.74, 6) is 2.39. The van der Waals surface area contributed by atoms with E-state index >= 15 is 0 Å². The first kappa shape index (κ1) is 17.3. The summed E-state index contributed by atoms with van der Waals surface area (Å²) in [4.78, 5) is 16.7. The number of nitrogens with zero attached hydrogens (tertiary/aromatic N) is 3. The van der Waals surface area contributed by atoms with Crippen LogP contribution in [-0.4, -0.2) is 26.9 Å². The highest BCUT2D eigenvalue weighted by Gasteiger charge is 2.24. The Hall–Kier alpha value is -2.57. The van der Waals surface area contributed by atoms with Gasteiger partial charge in [-0.05, 0) is 51.3 Å². The lowest BCUT2D eigenvalue weighted by Gasteiger charge is -2.23. The monoisotopic (exact) mass is 343 g/mol. The number of hydrogen-bond acceptors (Lipinski definition) is 4. The molecule has 1 atom stereocenters. The smallest absolute Gasteiger partial charge is 0.315 e. The zero-order valence-corrected chi connectivity index (χ0v) is 15.0. The molecule has 2 aromatic rings. The van der Waals surface area contributed by atoms with Gasteiger partial charge in [0.2, 0.25) is 0 Å². The minimum atomic E-state index is -0.200. The molecule has 1 aliphatic heterocycles. The molecule has 2 heterocycles. The number of carbonyl (C=O) groups excluding carboxylic acids is 1. The van der Waals surface area contributed by atoms with Crippen molar-refractivity contribution in [3.8, 4) is 5.75 Å². The van der Waals surface area contributed by atoms with Crippen LogP contribution in [0.4, 0.5) is 4.79 Å². The van der Waals surface area contributed by atoms with E-state index in [0.717, 1.165) is 42.3 Å². The fourth-order valence-electron chi connectivity index (χ4n) is 3.00. The van der Waals surface area contributed by atoms with Crippen molar-refractivity contribution in [2.75, 3.05) is 0 Å². The van der Waals surface area contributed by atoms with Gasteiger partial charge in [0.05, 0.1) is 12.1 Å². The molecule has 0 saturated carbocycles. The van der Waals surface area contributed by atoms with Crippen LogP contribution in [0.1, 0.15) is 49.9 Å². The number of carbonyl (C=O) groups is 1. The van der Waals surface area contributed by atoms with Crippen molar-refractivity contribution in [2.24, 2.45) is 0 Å². The third kappa shape index (κ3) is 4.49. The number of hydrogen-bond donors (Lipinski definition) is 2. The van der Waals surface area contributed by atoms with Gasteiger partial charge in [0.15, 0.2) is 0 Å². The summed E-state index contributed by atoms with van der Waals surface area (Å²) >= 11 is 0. The van der Waals surface area contributed by atoms with Crippen molar-refractivity contribution < 1.29 is 9.53 Å². The summed E-state index contributed by atoms with van der Waals surface area (Å²) in [6, 6.07) is 7.47. The lowest BCUT2D eigenvalue weighted by Crippen LogP contribution is -2.39. The van der Waals surface area contributed by atoms with Crippen molar-refractivity contribution >= 4 is 6.03 Å². The predicted molar refractivity (Wildman–Crippen MR) is 94.3 cm³/mol. The van der Waals surface area contributed by atoms with Crippen LogP contribution < -0.4 is 15.4 Å². The summed E-state index contributed by atoms with van der Waals surface area (Å²) in [5.41, 5.74) is 0.996. The summed E-state index contributed by atoms with van der Waals surface area (Å²) in [5, 5.41) is 10.3. The first-order valence-corrected chi connectivity index (χ1v) is 8.72. The van der Waals surface area contributed by atoms with Gasteiger partial charge in [0, 0.05) is 13.1 Å². The van der Waals surface area contributed by atoms with Gasteiger partial charge < -0.3 is 15.4 Å². The van der Waals surface area contributed by atoms with E-state index in [1.807, 2.05) is 49.7 Å². The SMILES string of the molecule is Cc1nc2n(n1)CCCC2NC(=O)NCc1cccc(OC(C)C)c1. The molecule has 0 saturated heterocycles. The zero-order chi connectivity index (χ0) is 17.8. The molecule has 1 unspecified atom stereocenters. The summed E-state index contributed by atoms with van der Waals surface area (Å²) in [6.07, 6.45) is 1.98. The number of rotatable bonds is 5. The molecule has 7 heteroatoms. The van der Waals surface area contributed by atoms with Crippen molar-refractivity contribution in [1.82, 2.24) is 25.4 Å². The second kappa shape index (κ2) is 7.55. The number of ether oxygens (including phenoxy) is 1. The Bertz CT molecular complexity index is 741. The van der Waals surface area contributed by atoms with Gasteiger partial charge >= 0.3 is 6.03 Å². The molecular formula is C18H25N5O2. The van der Waals surface area contributed by atoms with Gasteiger partial charge in [-0.3, -0.25) is 0 Å². The summed E-state index contributed by atoms with van der Waals surface area (Å²) in [6.45, 7) is 7.15. The Labute approximate surface area is 147 Å². The Morgan fingerprint density at radius 1 is 1.44 bits per heavy atom. The Balaban J connectivity index is 1.55. The summed E-state index contributed by atoms with van der Waals surface area (Å²) in [7, 11) is 0. The van der Waals surface area contributed by atoms with Gasteiger partial charge in [0.25, 0.3) is 0 Å². The van der Waals surface area contributed by atoms with Crippen LogP contribution in [0.5, 0.6) is 5.75 Å². The highest BCUT2D eigenvalue weighted by Crippen LogP contribution is 2.22. The molecule has 7 nitrogen and oxygen atoms in total. The van der Waals surface area contributed by atoms with Crippen molar-refractivity contribution in [2.45, 2.75) is 58.8 Å². The standard InChI is InChI=1S/C18H25N5O2/c1-12(2)25-15-7-4-6-14(10-15)11-19-18(24)21-16-8-5-9-23-17(16)20-13(3)22-23/h4,6-7,10,12,16H,5,8-9,11H2,1-3H3,(H2,19,21,24). The highest BCUT2D eigenvalue weighted by atomic mass is 16.5. The van der Waals surface area contributed by atoms with Crippen molar-refractivity contribution in [3.05, 3.63) is 41.5 Å². The first-order valence-electron chi connectivity index (χ1n) is 8.72. The van der Waals surface area contributed by atoms with E-state index in [9.17, 15) is 4.79 Å². The van der Waals surface area contributed by atoms with E-state index in [4.69, 9.17) is 4.74 Å². The third-order valence-electron chi connectivity index (χ3n) is 4.01. The highest BCUT2D eigenvalue weighted by molar-refractivity contribution is 5.74. The van der Waals surface area contributed by atoms with Gasteiger partial charge in [-0.25, -0.2) is 14.5 Å². The van der Waals surface area contributed by atoms with Gasteiger partial charge in [-0.2, -0.15) is 5.10 Å². The molecule has 25 heavy (non-hydrogen) atoms. The van der Waals surface area contributed by atoms with E-state index in [1.54, 1.807) is 0 Å². The Morgan fingerprint density at radius 3 is 3.08 bits per heavy atom. The third-order valence-corrected chi connectivity index (χ3v) is 4.01. The van der Waals surface area contributed by atoms with Crippen LogP contribution in [0.15, 0.2) is 24.3 Å². The van der Waals surface area contributed by atoms with E-state index in [-0.39, 0.29) is 18.2 Å². The molecule has 0 aliphatic carbocycles. The maximum absolute atomic E-state index is 12.3. The number of aryl methyl sites for hydroxylation is 2. The molecule has 0 radical (unpaired) electrons. The zero-order valence-electron chi connectivity index (χ0n) is 15.0. The molecule has 1 aromatic heterocycles. The quantitative estimate of drug-likeness (QED) is 0.875. The predicted octanol–water partition coefficient (Wildman–Crippen LogP) is 2.71. The number of urea groups is 1. The molecule has 0 fully saturated rings. The average molecular weight is 343 g/mol. The summed E-state index contributed by atoms with van der Waals surface area (Å²) < 4.78 is 7.56. The van der Waals surface area contributed by atoms with E-state index < -0.39 is 0 Å². The molecule has 1 aromatic carbocycles. The maximum atomic E-state index is 12.3. The number of benzene rings is 1. The molecule has 2 amide bonds. The van der Waals surface area contributed by atoms with Crippen molar-refractivity contribution in [1.29, 1.82) is 0 Å². The number of amides is 2. The minimum Gasteiger partial charge on any atom is -0.491 e. The average Bonchev–Trinajstić information content (AvgIpc) is 2.94. The topological polar surface area (TPSA) is 81.1 Å². The van der Waals surface area contributed by atoms with Crippen LogP contribution >= 0.6 is 0 Å². The second-order valence-electron chi connectivity index (χ2n) is 6.58. The van der Waals surface area contributed by atoms with E-state index in [1.165, 1.54) is 0 Å². The molecule has 3 rings (SSSR count). The van der Waals surface area contributed by atoms with Gasteiger partial charge in [-0.15, -0.1) is 0 Å². The molecule has 0 spiro atoms. The molecule has 1 aliphatic rings. The fourth-order valence-corrected chi connectivity index (χ4v) is 3.00. The van der Waals surface area contributed by atoms with Crippen LogP contribution in [0, 0.1) is 6.92 Å². The van der Waals surface area contributed by atoms with Gasteiger partial charge in [-0.1, -0.05) is 12.1 Å². The fraction of sp³-hybridized carbons (Fsp3) is 0.500. The molecule has 134 valence electrons. The molecule has 0 bridgehead atoms. The molecule has 2 N–H and O–H groups in total. The van der Waals surface area contributed by atoms with E-state index in [0.29, 0.717) is 6.54 Å². The molecular weight excluding hydrogens is 318 g/mol. The first-order chi connectivity index (χ1) is 12.0. The number of fused-ring (bicyclic) bond motifs is 1. The largest absolute Gasteiger partial charge is 0.491 e. The van der Waals surface area contributed by atoms with Gasteiger partial charge in [0.1, 0.15) is 17.4 Å². The van der Waals surface area contributed by atoms with Crippen LogP contribution in [0.25, 0.3) is 0 Å². The number of nitrogens with one attached hydrogen (secondary N) is 2. The Morgan fingerprint density at radius 2 is 2.28 bits per heavy atom. The van der Waals surface area contributed by atoms with Crippen LogP contribution in [0.2, 0.25) is 0 Å². The van der Waals surface area contributed by atoms with Crippen LogP contribution in [-0.2, 0) is 13.1 Å². The van der Waals surface area contributed by atoms with E-state index in [2.05, 4.69) is 20.7 Å². The normalized spacial score (nSPS) is 16.4. The minimum absolute atomic E-state index is 0.0921. The lowest BCUT2D eigenvalue weighted by molar-refractivity contribution is 0.232. The Kier molecular flexibility index (Phi) is 5.21.